The summed E-state index contributed by atoms with van der Waals surface area (Å²) in [5.41, 5.74) is 9.28. The smallest absolute Gasteiger partial charge is 0.330 e. The Bertz CT molecular complexity index is 745. The lowest BCUT2D eigenvalue weighted by atomic mass is 10.4. The number of anilines is 1. The first-order chi connectivity index (χ1) is 12.5. The molecule has 0 saturated heterocycles. The number of nitrogens with zero attached hydrogens (tertiary/aromatic N) is 2. The molecule has 1 heterocycles. The summed E-state index contributed by atoms with van der Waals surface area (Å²) in [4.78, 5) is 44.1. The van der Waals surface area contributed by atoms with Crippen molar-refractivity contribution in [2.24, 2.45) is 5.73 Å². The van der Waals surface area contributed by atoms with Gasteiger partial charge in [0.15, 0.2) is 0 Å². The summed E-state index contributed by atoms with van der Waals surface area (Å²) in [5, 5.41) is 10.4. The summed E-state index contributed by atoms with van der Waals surface area (Å²) in [7, 11) is 0. The Hall–Kier alpha value is -3.29. The van der Waals surface area contributed by atoms with E-state index >= 15 is 0 Å². The maximum atomic E-state index is 11.1. The number of urea groups is 1. The van der Waals surface area contributed by atoms with Crippen molar-refractivity contribution in [1.29, 1.82) is 5.26 Å². The number of esters is 1. The van der Waals surface area contributed by atoms with Gasteiger partial charge in [0.1, 0.15) is 12.2 Å². The number of nitrogens with one attached hydrogen (secondary N) is 2. The normalized spacial score (nSPS) is 9.26. The van der Waals surface area contributed by atoms with Crippen LogP contribution in [0.15, 0.2) is 15.7 Å². The van der Waals surface area contributed by atoms with E-state index < -0.39 is 23.2 Å². The van der Waals surface area contributed by atoms with Crippen LogP contribution in [-0.4, -0.2) is 34.2 Å². The third kappa shape index (κ3) is 13.7. The molecule has 1 aromatic heterocycles. The van der Waals surface area contributed by atoms with Crippen LogP contribution in [0.1, 0.15) is 47.1 Å². The summed E-state index contributed by atoms with van der Waals surface area (Å²) < 4.78 is 5.74. The van der Waals surface area contributed by atoms with Crippen LogP contribution in [0.25, 0.3) is 0 Å². The molecule has 11 heteroatoms. The number of rotatable bonds is 4. The average molecular weight is 384 g/mol. The molecule has 0 aliphatic rings. The topological polar surface area (TPSA) is 186 Å². The summed E-state index contributed by atoms with van der Waals surface area (Å²) >= 11 is 0. The molecule has 1 aromatic rings. The van der Waals surface area contributed by atoms with Crippen LogP contribution in [0.2, 0.25) is 0 Å². The molecular formula is C16H28N6O5. The van der Waals surface area contributed by atoms with E-state index in [1.54, 1.807) is 13.0 Å². The van der Waals surface area contributed by atoms with Gasteiger partial charge in [0.2, 0.25) is 0 Å². The summed E-state index contributed by atoms with van der Waals surface area (Å²) in [6.45, 7) is 9.39. The van der Waals surface area contributed by atoms with Crippen molar-refractivity contribution >= 4 is 17.8 Å². The standard InChI is InChI=1S/C7H11N3O2.C5H7NO2.C4H10N2O/c1-4(2)10-5(8)3-6(11)9-7(10)12;1-2-8-5(7)3-4-6;1-3(2)6-4(5)7/h3-4H,8H2,1-2H3,(H,9,11,12);2-3H2,1H3;3H,1-2H3,(H3,5,6,7). The van der Waals surface area contributed by atoms with Crippen molar-refractivity contribution in [2.75, 3.05) is 12.3 Å². The van der Waals surface area contributed by atoms with Gasteiger partial charge in [0.05, 0.1) is 12.7 Å². The van der Waals surface area contributed by atoms with Crippen molar-refractivity contribution in [2.45, 2.75) is 53.1 Å². The lowest BCUT2D eigenvalue weighted by Gasteiger charge is -2.10. The first-order valence-electron chi connectivity index (χ1n) is 8.16. The minimum absolute atomic E-state index is 0.0469. The molecule has 0 fully saturated rings. The van der Waals surface area contributed by atoms with Crippen molar-refractivity contribution in [3.05, 3.63) is 26.9 Å². The van der Waals surface area contributed by atoms with E-state index in [0.29, 0.717) is 6.61 Å². The van der Waals surface area contributed by atoms with Gasteiger partial charge in [-0.05, 0) is 34.6 Å². The van der Waals surface area contributed by atoms with Gasteiger partial charge >= 0.3 is 17.7 Å². The lowest BCUT2D eigenvalue weighted by molar-refractivity contribution is -0.141. The maximum absolute atomic E-state index is 11.1. The van der Waals surface area contributed by atoms with Crippen LogP contribution in [-0.2, 0) is 9.53 Å². The number of aromatic nitrogens is 2. The highest BCUT2D eigenvalue weighted by Gasteiger charge is 2.05. The number of nitrogen functional groups attached to an aromatic ring is 1. The van der Waals surface area contributed by atoms with Crippen LogP contribution in [0.4, 0.5) is 10.6 Å². The Morgan fingerprint density at radius 3 is 2.19 bits per heavy atom. The molecule has 0 radical (unpaired) electrons. The summed E-state index contributed by atoms with van der Waals surface area (Å²) in [6.07, 6.45) is -0.145. The minimum atomic E-state index is -0.464. The SMILES string of the molecule is CC(C)NC(N)=O.CC(C)n1c(N)cc(=O)[nH]c1=O.CCOC(=O)CC#N. The zero-order chi connectivity index (χ0) is 21.6. The Morgan fingerprint density at radius 2 is 1.89 bits per heavy atom. The van der Waals surface area contributed by atoms with Gasteiger partial charge in [0, 0.05) is 18.2 Å². The number of amides is 2. The number of nitriles is 1. The van der Waals surface area contributed by atoms with Gasteiger partial charge in [-0.15, -0.1) is 0 Å². The molecule has 1 rings (SSSR count). The Labute approximate surface area is 157 Å². The van der Waals surface area contributed by atoms with Crippen LogP contribution in [0.3, 0.4) is 0 Å². The maximum Gasteiger partial charge on any atom is 0.330 e. The monoisotopic (exact) mass is 384 g/mol. The Kier molecular flexibility index (Phi) is 13.4. The second-order valence-electron chi connectivity index (χ2n) is 5.63. The quantitative estimate of drug-likeness (QED) is 0.534. The molecule has 0 spiro atoms. The van der Waals surface area contributed by atoms with Crippen LogP contribution >= 0.6 is 0 Å². The molecule has 0 atom stereocenters. The molecule has 0 aliphatic heterocycles. The van der Waals surface area contributed by atoms with E-state index in [1.165, 1.54) is 10.6 Å². The molecule has 6 N–H and O–H groups in total. The van der Waals surface area contributed by atoms with Gasteiger partial charge < -0.3 is 21.5 Å². The average Bonchev–Trinajstić information content (AvgIpc) is 2.45. The van der Waals surface area contributed by atoms with Crippen molar-refractivity contribution < 1.29 is 14.3 Å². The van der Waals surface area contributed by atoms with E-state index in [1.807, 2.05) is 27.7 Å². The fraction of sp³-hybridized carbons (Fsp3) is 0.562. The highest BCUT2D eigenvalue weighted by molar-refractivity contribution is 5.72. The van der Waals surface area contributed by atoms with E-state index in [2.05, 4.69) is 15.0 Å². The predicted octanol–water partition coefficient (Wildman–Crippen LogP) is 0.226. The third-order valence-corrected chi connectivity index (χ3v) is 2.48. The summed E-state index contributed by atoms with van der Waals surface area (Å²) in [6, 6.07) is 2.51. The molecule has 27 heavy (non-hydrogen) atoms. The zero-order valence-electron chi connectivity index (χ0n) is 16.2. The van der Waals surface area contributed by atoms with Gasteiger partial charge in [-0.2, -0.15) is 5.26 Å². The van der Waals surface area contributed by atoms with Gasteiger partial charge in [0.25, 0.3) is 5.56 Å². The fourth-order valence-corrected chi connectivity index (χ4v) is 1.62. The second kappa shape index (κ2) is 13.9. The minimum Gasteiger partial charge on any atom is -0.465 e. The van der Waals surface area contributed by atoms with Crippen LogP contribution in [0, 0.1) is 11.3 Å². The number of nitrogens with two attached hydrogens (primary N) is 2. The molecule has 0 bridgehead atoms. The van der Waals surface area contributed by atoms with Crippen molar-refractivity contribution in [3.8, 4) is 6.07 Å². The number of H-pyrrole nitrogens is 1. The first-order valence-corrected chi connectivity index (χ1v) is 8.16. The van der Waals surface area contributed by atoms with Crippen LogP contribution in [0.5, 0.6) is 0 Å². The third-order valence-electron chi connectivity index (χ3n) is 2.48. The number of hydrogen-bond acceptors (Lipinski definition) is 7. The summed E-state index contributed by atoms with van der Waals surface area (Å²) in [5.74, 6) is -0.256. The molecule has 0 aliphatic carbocycles. The highest BCUT2D eigenvalue weighted by Crippen LogP contribution is 2.03. The lowest BCUT2D eigenvalue weighted by Crippen LogP contribution is -2.34. The Morgan fingerprint density at radius 1 is 1.33 bits per heavy atom. The van der Waals surface area contributed by atoms with E-state index in [0.717, 1.165) is 0 Å². The first kappa shape index (κ1) is 25.9. The zero-order valence-corrected chi connectivity index (χ0v) is 16.2. The molecular weight excluding hydrogens is 356 g/mol. The number of hydrogen-bond donors (Lipinski definition) is 4. The van der Waals surface area contributed by atoms with Crippen molar-refractivity contribution in [1.82, 2.24) is 14.9 Å². The molecule has 11 nitrogen and oxygen atoms in total. The van der Waals surface area contributed by atoms with E-state index in [4.69, 9.17) is 16.7 Å². The van der Waals surface area contributed by atoms with Crippen LogP contribution < -0.4 is 28.0 Å². The van der Waals surface area contributed by atoms with E-state index in [9.17, 15) is 19.2 Å². The van der Waals surface area contributed by atoms with Gasteiger partial charge in [-0.3, -0.25) is 19.1 Å². The van der Waals surface area contributed by atoms with Gasteiger partial charge in [-0.1, -0.05) is 0 Å². The van der Waals surface area contributed by atoms with Crippen molar-refractivity contribution in [3.63, 3.8) is 0 Å². The number of primary amides is 1. The molecule has 2 amide bonds. The molecule has 0 unspecified atom stereocenters. The number of carbonyl (C=O) groups excluding carboxylic acids is 2. The molecule has 152 valence electrons. The number of carbonyl (C=O) groups is 2. The van der Waals surface area contributed by atoms with Gasteiger partial charge in [-0.25, -0.2) is 9.59 Å². The molecule has 0 saturated carbocycles. The number of aromatic amines is 1. The largest absolute Gasteiger partial charge is 0.465 e. The molecule has 0 aromatic carbocycles. The highest BCUT2D eigenvalue weighted by atomic mass is 16.5. The Balaban J connectivity index is 0. The predicted molar refractivity (Wildman–Crippen MR) is 101 cm³/mol. The fourth-order valence-electron chi connectivity index (χ4n) is 1.62. The van der Waals surface area contributed by atoms with E-state index in [-0.39, 0.29) is 24.3 Å². The number of ether oxygens (including phenoxy) is 1. The second-order valence-corrected chi connectivity index (χ2v) is 5.63.